The Hall–Kier alpha value is -1.37. The van der Waals surface area contributed by atoms with Gasteiger partial charge in [0.25, 0.3) is 0 Å². The fourth-order valence-electron chi connectivity index (χ4n) is 1.64. The molecule has 4 nitrogen and oxygen atoms in total. The maximum atomic E-state index is 12.1. The molecule has 0 aliphatic rings. The zero-order chi connectivity index (χ0) is 13.9. The average molecular weight is 296 g/mol. The molecule has 2 aromatic rings. The van der Waals surface area contributed by atoms with Crippen LogP contribution in [0.2, 0.25) is 0 Å². The van der Waals surface area contributed by atoms with Crippen molar-refractivity contribution in [2.45, 2.75) is 17.7 Å². The van der Waals surface area contributed by atoms with E-state index in [2.05, 4.69) is 4.72 Å². The third-order valence-corrected chi connectivity index (χ3v) is 5.02. The maximum absolute atomic E-state index is 12.1. The lowest BCUT2D eigenvalue weighted by Crippen LogP contribution is -2.27. The predicted octanol–water partition coefficient (Wildman–Crippen LogP) is 2.41. The Morgan fingerprint density at radius 1 is 1.26 bits per heavy atom. The van der Waals surface area contributed by atoms with Gasteiger partial charge in [-0.05, 0) is 52.6 Å². The number of sulfonamides is 1. The van der Waals surface area contributed by atoms with E-state index in [0.29, 0.717) is 12.2 Å². The highest BCUT2D eigenvalue weighted by atomic mass is 32.2. The Kier molecular flexibility index (Phi) is 4.24. The smallest absolute Gasteiger partial charge is 0.240 e. The molecule has 0 saturated heterocycles. The van der Waals surface area contributed by atoms with Crippen molar-refractivity contribution in [3.8, 4) is 0 Å². The summed E-state index contributed by atoms with van der Waals surface area (Å²) in [5, 5.41) is 4.02. The number of hydrogen-bond donors (Lipinski definition) is 2. The average Bonchev–Trinajstić information content (AvgIpc) is 2.90. The number of benzene rings is 1. The molecule has 3 N–H and O–H groups in total. The molecule has 0 fully saturated rings. The first-order valence-corrected chi connectivity index (χ1v) is 8.29. The molecular weight excluding hydrogens is 280 g/mol. The van der Waals surface area contributed by atoms with Gasteiger partial charge in [-0.3, -0.25) is 0 Å². The van der Waals surface area contributed by atoms with E-state index < -0.39 is 10.0 Å². The molecule has 0 bridgehead atoms. The van der Waals surface area contributed by atoms with E-state index in [4.69, 9.17) is 5.73 Å². The number of rotatable bonds is 5. The van der Waals surface area contributed by atoms with Gasteiger partial charge in [-0.2, -0.15) is 11.3 Å². The van der Waals surface area contributed by atoms with Gasteiger partial charge < -0.3 is 5.73 Å². The first-order valence-electron chi connectivity index (χ1n) is 5.86. The van der Waals surface area contributed by atoms with Crippen molar-refractivity contribution in [1.29, 1.82) is 0 Å². The van der Waals surface area contributed by atoms with E-state index in [9.17, 15) is 8.42 Å². The van der Waals surface area contributed by atoms with Crippen LogP contribution in [0.15, 0.2) is 46.0 Å². The lowest BCUT2D eigenvalue weighted by molar-refractivity contribution is 0.575. The summed E-state index contributed by atoms with van der Waals surface area (Å²) in [5.41, 5.74) is 7.23. The number of nitrogens with one attached hydrogen (secondary N) is 1. The number of anilines is 1. The molecule has 0 saturated carbocycles. The number of thiophene rings is 1. The highest BCUT2D eigenvalue weighted by Crippen LogP contribution is 2.18. The second-order valence-corrected chi connectivity index (χ2v) is 6.93. The summed E-state index contributed by atoms with van der Waals surface area (Å²) < 4.78 is 26.8. The second kappa shape index (κ2) is 5.73. The SMILES string of the molecule is C[C@H](CNS(=O)(=O)c1ccc(N)cc1)c1ccsc1. The van der Waals surface area contributed by atoms with Crippen LogP contribution < -0.4 is 10.5 Å². The van der Waals surface area contributed by atoms with Crippen LogP contribution in [0.25, 0.3) is 0 Å². The van der Waals surface area contributed by atoms with Crippen molar-refractivity contribution in [3.63, 3.8) is 0 Å². The standard InChI is InChI=1S/C13H16N2O2S2/c1-10(11-6-7-18-9-11)8-15-19(16,17)13-4-2-12(14)3-5-13/h2-7,9-10,15H,8,14H2,1H3/t10-/m1/s1. The largest absolute Gasteiger partial charge is 0.399 e. The summed E-state index contributed by atoms with van der Waals surface area (Å²) >= 11 is 1.61. The zero-order valence-corrected chi connectivity index (χ0v) is 12.2. The predicted molar refractivity (Wildman–Crippen MR) is 78.8 cm³/mol. The van der Waals surface area contributed by atoms with Crippen LogP contribution in [-0.4, -0.2) is 15.0 Å². The van der Waals surface area contributed by atoms with E-state index >= 15 is 0 Å². The summed E-state index contributed by atoms with van der Waals surface area (Å²) in [6, 6.07) is 8.18. The Balaban J connectivity index is 2.04. The van der Waals surface area contributed by atoms with E-state index in [1.54, 1.807) is 23.5 Å². The fraction of sp³-hybridized carbons (Fsp3) is 0.231. The zero-order valence-electron chi connectivity index (χ0n) is 10.5. The molecule has 0 spiro atoms. The van der Waals surface area contributed by atoms with Gasteiger partial charge in [0.2, 0.25) is 10.0 Å². The van der Waals surface area contributed by atoms with Gasteiger partial charge in [-0.15, -0.1) is 0 Å². The monoisotopic (exact) mass is 296 g/mol. The van der Waals surface area contributed by atoms with Crippen LogP contribution in [-0.2, 0) is 10.0 Å². The molecule has 0 radical (unpaired) electrons. The number of hydrogen-bond acceptors (Lipinski definition) is 4. The van der Waals surface area contributed by atoms with Crippen LogP contribution >= 0.6 is 11.3 Å². The van der Waals surface area contributed by atoms with Gasteiger partial charge in [0, 0.05) is 12.2 Å². The van der Waals surface area contributed by atoms with Gasteiger partial charge >= 0.3 is 0 Å². The molecule has 0 amide bonds. The minimum atomic E-state index is -3.47. The van der Waals surface area contributed by atoms with Gasteiger partial charge in [0.1, 0.15) is 0 Å². The molecule has 0 aliphatic heterocycles. The van der Waals surface area contributed by atoms with E-state index in [1.165, 1.54) is 12.1 Å². The lowest BCUT2D eigenvalue weighted by atomic mass is 10.1. The van der Waals surface area contributed by atoms with Crippen molar-refractivity contribution < 1.29 is 8.42 Å². The summed E-state index contributed by atoms with van der Waals surface area (Å²) in [4.78, 5) is 0.235. The molecule has 6 heteroatoms. The Morgan fingerprint density at radius 2 is 1.95 bits per heavy atom. The Morgan fingerprint density at radius 3 is 2.53 bits per heavy atom. The van der Waals surface area contributed by atoms with Crippen LogP contribution in [0.4, 0.5) is 5.69 Å². The molecule has 0 unspecified atom stereocenters. The van der Waals surface area contributed by atoms with E-state index in [1.807, 2.05) is 23.8 Å². The Labute approximate surface area is 117 Å². The quantitative estimate of drug-likeness (QED) is 0.832. The van der Waals surface area contributed by atoms with Crippen molar-refractivity contribution in [2.24, 2.45) is 0 Å². The van der Waals surface area contributed by atoms with Crippen LogP contribution in [0.5, 0.6) is 0 Å². The molecule has 0 aliphatic carbocycles. The minimum Gasteiger partial charge on any atom is -0.399 e. The topological polar surface area (TPSA) is 72.2 Å². The minimum absolute atomic E-state index is 0.148. The second-order valence-electron chi connectivity index (χ2n) is 4.38. The van der Waals surface area contributed by atoms with Crippen molar-refractivity contribution >= 4 is 27.0 Å². The normalized spacial score (nSPS) is 13.3. The molecule has 1 aromatic carbocycles. The molecule has 19 heavy (non-hydrogen) atoms. The van der Waals surface area contributed by atoms with Gasteiger partial charge in [0.15, 0.2) is 0 Å². The fourth-order valence-corrected chi connectivity index (χ4v) is 3.55. The van der Waals surface area contributed by atoms with Crippen molar-refractivity contribution in [2.75, 3.05) is 12.3 Å². The lowest BCUT2D eigenvalue weighted by Gasteiger charge is -2.12. The van der Waals surface area contributed by atoms with Crippen LogP contribution in [0.3, 0.4) is 0 Å². The molecular formula is C13H16N2O2S2. The van der Waals surface area contributed by atoms with Crippen molar-refractivity contribution in [1.82, 2.24) is 4.72 Å². The molecule has 1 aromatic heterocycles. The van der Waals surface area contributed by atoms with Gasteiger partial charge in [-0.25, -0.2) is 13.1 Å². The molecule has 2 rings (SSSR count). The Bertz CT molecular complexity index is 619. The number of nitrogen functional groups attached to an aromatic ring is 1. The molecule has 102 valence electrons. The van der Waals surface area contributed by atoms with E-state index in [-0.39, 0.29) is 10.8 Å². The third kappa shape index (κ3) is 3.56. The first kappa shape index (κ1) is 14.0. The summed E-state index contributed by atoms with van der Waals surface area (Å²) in [5.74, 6) is 0.148. The van der Waals surface area contributed by atoms with Crippen LogP contribution in [0, 0.1) is 0 Å². The number of nitrogens with two attached hydrogens (primary N) is 1. The first-order chi connectivity index (χ1) is 8.99. The summed E-state index contributed by atoms with van der Waals surface area (Å²) in [6.45, 7) is 2.37. The van der Waals surface area contributed by atoms with E-state index in [0.717, 1.165) is 5.56 Å². The maximum Gasteiger partial charge on any atom is 0.240 e. The summed E-state index contributed by atoms with van der Waals surface area (Å²) in [7, 11) is -3.47. The van der Waals surface area contributed by atoms with Gasteiger partial charge in [0.05, 0.1) is 4.90 Å². The highest BCUT2D eigenvalue weighted by molar-refractivity contribution is 7.89. The van der Waals surface area contributed by atoms with Gasteiger partial charge in [-0.1, -0.05) is 6.92 Å². The molecule has 1 atom stereocenters. The third-order valence-electron chi connectivity index (χ3n) is 2.88. The summed E-state index contributed by atoms with van der Waals surface area (Å²) in [6.07, 6.45) is 0. The highest BCUT2D eigenvalue weighted by Gasteiger charge is 2.15. The van der Waals surface area contributed by atoms with Crippen molar-refractivity contribution in [3.05, 3.63) is 46.7 Å². The van der Waals surface area contributed by atoms with Crippen LogP contribution in [0.1, 0.15) is 18.4 Å². The molecule has 1 heterocycles.